The Balaban J connectivity index is 2.02. The standard InChI is InChI=1S/C17H19ClN2O/c1-10(2)17-19-15(11(3)16(18)20-17)12-5-4-6-14(9-12)21-13-7-8-13/h4-6,9-10,13H,7-8H2,1-3H3. The fraction of sp³-hybridized carbons (Fsp3) is 0.412. The van der Waals surface area contributed by atoms with Crippen molar-refractivity contribution in [2.24, 2.45) is 0 Å². The normalized spacial score (nSPS) is 14.5. The van der Waals surface area contributed by atoms with E-state index in [4.69, 9.17) is 16.3 Å². The van der Waals surface area contributed by atoms with Crippen LogP contribution in [-0.2, 0) is 0 Å². The van der Waals surface area contributed by atoms with Crippen molar-refractivity contribution in [3.63, 3.8) is 0 Å². The average Bonchev–Trinajstić information content (AvgIpc) is 3.25. The molecule has 0 atom stereocenters. The van der Waals surface area contributed by atoms with Gasteiger partial charge in [0.15, 0.2) is 0 Å². The molecule has 0 unspecified atom stereocenters. The molecular weight excluding hydrogens is 284 g/mol. The molecule has 1 aromatic heterocycles. The number of hydrogen-bond donors (Lipinski definition) is 0. The zero-order chi connectivity index (χ0) is 15.0. The van der Waals surface area contributed by atoms with Crippen molar-refractivity contribution in [3.05, 3.63) is 40.8 Å². The minimum Gasteiger partial charge on any atom is -0.490 e. The van der Waals surface area contributed by atoms with Gasteiger partial charge in [-0.05, 0) is 31.9 Å². The van der Waals surface area contributed by atoms with Gasteiger partial charge in [0.05, 0.1) is 11.8 Å². The van der Waals surface area contributed by atoms with Crippen molar-refractivity contribution in [2.75, 3.05) is 0 Å². The number of halogens is 1. The molecule has 0 aliphatic heterocycles. The first-order valence-electron chi connectivity index (χ1n) is 7.35. The molecule has 3 nitrogen and oxygen atoms in total. The number of rotatable bonds is 4. The topological polar surface area (TPSA) is 35.0 Å². The lowest BCUT2D eigenvalue weighted by atomic mass is 10.1. The van der Waals surface area contributed by atoms with Crippen molar-refractivity contribution in [3.8, 4) is 17.0 Å². The summed E-state index contributed by atoms with van der Waals surface area (Å²) in [6.45, 7) is 6.09. The summed E-state index contributed by atoms with van der Waals surface area (Å²) in [5.74, 6) is 1.91. The maximum atomic E-state index is 6.26. The summed E-state index contributed by atoms with van der Waals surface area (Å²) in [5.41, 5.74) is 2.82. The largest absolute Gasteiger partial charge is 0.490 e. The summed E-state index contributed by atoms with van der Waals surface area (Å²) in [6, 6.07) is 8.06. The number of hydrogen-bond acceptors (Lipinski definition) is 3. The number of ether oxygens (including phenoxy) is 1. The first-order valence-corrected chi connectivity index (χ1v) is 7.73. The highest BCUT2D eigenvalue weighted by molar-refractivity contribution is 6.30. The van der Waals surface area contributed by atoms with Gasteiger partial charge in [0.1, 0.15) is 16.7 Å². The minimum atomic E-state index is 0.243. The monoisotopic (exact) mass is 302 g/mol. The summed E-state index contributed by atoms with van der Waals surface area (Å²) in [7, 11) is 0. The Hall–Kier alpha value is -1.61. The quantitative estimate of drug-likeness (QED) is 0.763. The van der Waals surface area contributed by atoms with E-state index >= 15 is 0 Å². The van der Waals surface area contributed by atoms with Crippen LogP contribution in [0.3, 0.4) is 0 Å². The van der Waals surface area contributed by atoms with E-state index in [1.54, 1.807) is 0 Å². The van der Waals surface area contributed by atoms with E-state index < -0.39 is 0 Å². The van der Waals surface area contributed by atoms with Gasteiger partial charge in [-0.1, -0.05) is 37.6 Å². The van der Waals surface area contributed by atoms with E-state index in [-0.39, 0.29) is 5.92 Å². The fourth-order valence-electron chi connectivity index (χ4n) is 2.14. The molecule has 21 heavy (non-hydrogen) atoms. The van der Waals surface area contributed by atoms with Crippen LogP contribution in [0.2, 0.25) is 5.15 Å². The minimum absolute atomic E-state index is 0.243. The molecule has 0 spiro atoms. The Labute approximate surface area is 130 Å². The fourth-order valence-corrected chi connectivity index (χ4v) is 2.32. The van der Waals surface area contributed by atoms with Crippen LogP contribution in [0.25, 0.3) is 11.3 Å². The SMILES string of the molecule is Cc1c(Cl)nc(C(C)C)nc1-c1cccc(OC2CC2)c1. The van der Waals surface area contributed by atoms with Gasteiger partial charge < -0.3 is 4.74 Å². The molecule has 0 amide bonds. The van der Waals surface area contributed by atoms with E-state index in [2.05, 4.69) is 23.8 Å². The Morgan fingerprint density at radius 2 is 2.00 bits per heavy atom. The predicted molar refractivity (Wildman–Crippen MR) is 85.0 cm³/mol. The van der Waals surface area contributed by atoms with E-state index in [1.165, 1.54) is 0 Å². The van der Waals surface area contributed by atoms with Crippen LogP contribution in [0.1, 0.15) is 44.0 Å². The first kappa shape index (κ1) is 14.3. The van der Waals surface area contributed by atoms with Gasteiger partial charge in [-0.15, -0.1) is 0 Å². The molecule has 3 rings (SSSR count). The number of nitrogens with zero attached hydrogens (tertiary/aromatic N) is 2. The zero-order valence-corrected chi connectivity index (χ0v) is 13.3. The molecule has 0 saturated heterocycles. The Bertz CT molecular complexity index is 666. The summed E-state index contributed by atoms with van der Waals surface area (Å²) < 4.78 is 5.86. The lowest BCUT2D eigenvalue weighted by molar-refractivity contribution is 0.303. The molecule has 1 aromatic carbocycles. The van der Waals surface area contributed by atoms with Crippen LogP contribution in [0.15, 0.2) is 24.3 Å². The summed E-state index contributed by atoms with van der Waals surface area (Å²) >= 11 is 6.26. The second kappa shape index (κ2) is 5.64. The summed E-state index contributed by atoms with van der Waals surface area (Å²) in [4.78, 5) is 9.05. The molecule has 0 bridgehead atoms. The van der Waals surface area contributed by atoms with E-state index in [0.717, 1.165) is 41.2 Å². The third kappa shape index (κ3) is 3.18. The van der Waals surface area contributed by atoms with Crippen molar-refractivity contribution in [1.29, 1.82) is 0 Å². The van der Waals surface area contributed by atoms with Crippen LogP contribution in [0, 0.1) is 6.92 Å². The zero-order valence-electron chi connectivity index (χ0n) is 12.6. The Morgan fingerprint density at radius 1 is 1.24 bits per heavy atom. The van der Waals surface area contributed by atoms with Gasteiger partial charge in [-0.2, -0.15) is 0 Å². The molecule has 0 radical (unpaired) electrons. The van der Waals surface area contributed by atoms with Gasteiger partial charge >= 0.3 is 0 Å². The molecule has 0 N–H and O–H groups in total. The van der Waals surface area contributed by atoms with Gasteiger partial charge in [-0.3, -0.25) is 0 Å². The average molecular weight is 303 g/mol. The van der Waals surface area contributed by atoms with E-state index in [1.807, 2.05) is 31.2 Å². The van der Waals surface area contributed by atoms with Crippen molar-refractivity contribution in [1.82, 2.24) is 9.97 Å². The Morgan fingerprint density at radius 3 is 2.67 bits per heavy atom. The van der Waals surface area contributed by atoms with Gasteiger partial charge in [0.25, 0.3) is 0 Å². The van der Waals surface area contributed by atoms with Crippen molar-refractivity contribution >= 4 is 11.6 Å². The highest BCUT2D eigenvalue weighted by atomic mass is 35.5. The van der Waals surface area contributed by atoms with Crippen LogP contribution in [0.5, 0.6) is 5.75 Å². The first-order chi connectivity index (χ1) is 10.0. The smallest absolute Gasteiger partial charge is 0.136 e. The number of aromatic nitrogens is 2. The lowest BCUT2D eigenvalue weighted by Crippen LogP contribution is -2.03. The van der Waals surface area contributed by atoms with Crippen molar-refractivity contribution in [2.45, 2.75) is 45.6 Å². The maximum Gasteiger partial charge on any atom is 0.136 e. The van der Waals surface area contributed by atoms with Gasteiger partial charge in [-0.25, -0.2) is 9.97 Å². The Kier molecular flexibility index (Phi) is 3.85. The molecule has 1 aliphatic rings. The number of benzene rings is 1. The second-order valence-electron chi connectivity index (χ2n) is 5.85. The van der Waals surface area contributed by atoms with E-state index in [0.29, 0.717) is 11.3 Å². The lowest BCUT2D eigenvalue weighted by Gasteiger charge is -2.12. The molecule has 1 heterocycles. The van der Waals surface area contributed by atoms with Crippen LogP contribution in [0.4, 0.5) is 0 Å². The third-order valence-electron chi connectivity index (χ3n) is 3.55. The molecule has 1 saturated carbocycles. The van der Waals surface area contributed by atoms with Crippen LogP contribution in [-0.4, -0.2) is 16.1 Å². The second-order valence-corrected chi connectivity index (χ2v) is 6.20. The third-order valence-corrected chi connectivity index (χ3v) is 3.92. The summed E-state index contributed by atoms with van der Waals surface area (Å²) in [6.07, 6.45) is 2.70. The highest BCUT2D eigenvalue weighted by Gasteiger charge is 2.23. The van der Waals surface area contributed by atoms with Crippen LogP contribution >= 0.6 is 11.6 Å². The van der Waals surface area contributed by atoms with Gasteiger partial charge in [0.2, 0.25) is 0 Å². The molecule has 1 aliphatic carbocycles. The molecule has 1 fully saturated rings. The van der Waals surface area contributed by atoms with Crippen molar-refractivity contribution < 1.29 is 4.74 Å². The summed E-state index contributed by atoms with van der Waals surface area (Å²) in [5, 5.41) is 0.525. The maximum absolute atomic E-state index is 6.26. The molecule has 110 valence electrons. The highest BCUT2D eigenvalue weighted by Crippen LogP contribution is 2.32. The predicted octanol–water partition coefficient (Wildman–Crippen LogP) is 4.77. The molecular formula is C17H19ClN2O. The molecule has 4 heteroatoms. The van der Waals surface area contributed by atoms with E-state index in [9.17, 15) is 0 Å². The molecule has 2 aromatic rings. The van der Waals surface area contributed by atoms with Crippen LogP contribution < -0.4 is 4.74 Å². The van der Waals surface area contributed by atoms with Gasteiger partial charge in [0, 0.05) is 17.0 Å².